The number of para-hydroxylation sites is 2. The van der Waals surface area contributed by atoms with Gasteiger partial charge in [0.1, 0.15) is 0 Å². The van der Waals surface area contributed by atoms with E-state index in [0.717, 1.165) is 33.4 Å². The van der Waals surface area contributed by atoms with Gasteiger partial charge < -0.3 is 4.98 Å². The van der Waals surface area contributed by atoms with E-state index in [4.69, 9.17) is 4.98 Å². The Kier molecular flexibility index (Phi) is 5.23. The van der Waals surface area contributed by atoms with Crippen LogP contribution in [0.4, 0.5) is 0 Å². The van der Waals surface area contributed by atoms with Crippen molar-refractivity contribution in [1.29, 1.82) is 0 Å². The van der Waals surface area contributed by atoms with Crippen LogP contribution in [0.25, 0.3) is 87.6 Å². The minimum absolute atomic E-state index is 0.979. The lowest BCUT2D eigenvalue weighted by molar-refractivity contribution is 1.33. The van der Waals surface area contributed by atoms with E-state index in [0.29, 0.717) is 0 Å². The van der Waals surface area contributed by atoms with E-state index in [9.17, 15) is 0 Å². The lowest BCUT2D eigenvalue weighted by Crippen LogP contribution is -1.91. The van der Waals surface area contributed by atoms with Gasteiger partial charge in [0.15, 0.2) is 0 Å². The molecule has 0 aliphatic rings. The highest BCUT2D eigenvalue weighted by atomic mass is 14.7. The first kappa shape index (κ1) is 23.9. The number of hydrogen-bond donors (Lipinski definition) is 1. The third kappa shape index (κ3) is 3.70. The summed E-state index contributed by atoms with van der Waals surface area (Å²) < 4.78 is 0. The maximum absolute atomic E-state index is 4.93. The van der Waals surface area contributed by atoms with Crippen LogP contribution in [-0.4, -0.2) is 9.97 Å². The Hall–Kier alpha value is -5.73. The van der Waals surface area contributed by atoms with Gasteiger partial charge in [-0.05, 0) is 67.7 Å². The molecule has 0 bridgehead atoms. The molecule has 7 aromatic carbocycles. The van der Waals surface area contributed by atoms with Gasteiger partial charge >= 0.3 is 0 Å². The topological polar surface area (TPSA) is 28.7 Å². The van der Waals surface area contributed by atoms with Gasteiger partial charge in [-0.15, -0.1) is 0 Å². The Labute approximate surface area is 248 Å². The molecule has 0 aliphatic heterocycles. The number of nitrogens with zero attached hydrogens (tertiary/aromatic N) is 1. The maximum Gasteiger partial charge on any atom is 0.0781 e. The summed E-state index contributed by atoms with van der Waals surface area (Å²) in [5.41, 5.74) is 9.02. The molecule has 0 fully saturated rings. The van der Waals surface area contributed by atoms with E-state index in [1.54, 1.807) is 0 Å². The van der Waals surface area contributed by atoms with Crippen LogP contribution in [0.1, 0.15) is 0 Å². The standard InChI is InChI=1S/C41H26N2/c1-2-14-31-29(12-1)30-13-3-4-15-32(30)38-25-27(21-22-33(31)38)26-10-7-11-28(24-26)40-36(19-9-23-42-40)37-18-8-17-35-34-16-5-6-20-39(34)43-41(35)37/h1-25,43H. The fraction of sp³-hybridized carbons (Fsp3) is 0. The highest BCUT2D eigenvalue weighted by Gasteiger charge is 2.15. The van der Waals surface area contributed by atoms with Crippen LogP contribution in [0.15, 0.2) is 152 Å². The smallest absolute Gasteiger partial charge is 0.0781 e. The Balaban J connectivity index is 1.22. The zero-order chi connectivity index (χ0) is 28.3. The van der Waals surface area contributed by atoms with Crippen LogP contribution in [0, 0.1) is 0 Å². The predicted octanol–water partition coefficient (Wildman–Crippen LogP) is 11.2. The summed E-state index contributed by atoms with van der Waals surface area (Å²) in [6, 6.07) is 52.4. The van der Waals surface area contributed by atoms with Gasteiger partial charge in [0.25, 0.3) is 0 Å². The summed E-state index contributed by atoms with van der Waals surface area (Å²) in [4.78, 5) is 8.61. The van der Waals surface area contributed by atoms with Gasteiger partial charge in [0.05, 0.1) is 11.2 Å². The van der Waals surface area contributed by atoms with E-state index < -0.39 is 0 Å². The van der Waals surface area contributed by atoms with Crippen molar-refractivity contribution < 1.29 is 0 Å². The summed E-state index contributed by atoms with van der Waals surface area (Å²) in [6.07, 6.45) is 1.89. The molecule has 0 saturated heterocycles. The van der Waals surface area contributed by atoms with Crippen LogP contribution in [0.3, 0.4) is 0 Å². The minimum atomic E-state index is 0.979. The largest absolute Gasteiger partial charge is 0.354 e. The van der Waals surface area contributed by atoms with Crippen molar-refractivity contribution in [3.63, 3.8) is 0 Å². The van der Waals surface area contributed by atoms with Crippen molar-refractivity contribution in [1.82, 2.24) is 9.97 Å². The van der Waals surface area contributed by atoms with E-state index in [1.165, 1.54) is 54.2 Å². The zero-order valence-corrected chi connectivity index (χ0v) is 23.4. The van der Waals surface area contributed by atoms with Crippen molar-refractivity contribution in [3.8, 4) is 33.5 Å². The molecular weight excluding hydrogens is 520 g/mol. The van der Waals surface area contributed by atoms with Gasteiger partial charge in [-0.1, -0.05) is 121 Å². The van der Waals surface area contributed by atoms with Crippen LogP contribution < -0.4 is 0 Å². The van der Waals surface area contributed by atoms with Gasteiger partial charge in [0, 0.05) is 39.2 Å². The highest BCUT2D eigenvalue weighted by molar-refractivity contribution is 6.25. The molecule has 0 amide bonds. The number of rotatable bonds is 3. The summed E-state index contributed by atoms with van der Waals surface area (Å²) >= 11 is 0. The number of pyridine rings is 1. The fourth-order valence-corrected chi connectivity index (χ4v) is 6.88. The lowest BCUT2D eigenvalue weighted by Gasteiger charge is -2.13. The molecule has 0 unspecified atom stereocenters. The molecular formula is C41H26N2. The summed E-state index contributed by atoms with van der Waals surface area (Å²) in [5, 5.41) is 10.2. The first-order valence-electron chi connectivity index (χ1n) is 14.7. The predicted molar refractivity (Wildman–Crippen MR) is 182 cm³/mol. The molecule has 2 nitrogen and oxygen atoms in total. The fourth-order valence-electron chi connectivity index (χ4n) is 6.88. The maximum atomic E-state index is 4.93. The molecule has 43 heavy (non-hydrogen) atoms. The molecule has 0 radical (unpaired) electrons. The summed E-state index contributed by atoms with van der Waals surface area (Å²) in [7, 11) is 0. The second kappa shape index (κ2) is 9.40. The second-order valence-electron chi connectivity index (χ2n) is 11.2. The van der Waals surface area contributed by atoms with E-state index in [2.05, 4.69) is 145 Å². The lowest BCUT2D eigenvalue weighted by atomic mass is 9.91. The molecule has 0 saturated carbocycles. The number of fused-ring (bicyclic) bond motifs is 9. The number of H-pyrrole nitrogens is 1. The van der Waals surface area contributed by atoms with E-state index in [-0.39, 0.29) is 0 Å². The average molecular weight is 547 g/mol. The Morgan fingerprint density at radius 3 is 1.74 bits per heavy atom. The quantitative estimate of drug-likeness (QED) is 0.219. The molecule has 9 aromatic rings. The molecule has 0 aliphatic carbocycles. The van der Waals surface area contributed by atoms with Crippen LogP contribution in [-0.2, 0) is 0 Å². The van der Waals surface area contributed by atoms with Crippen molar-refractivity contribution in [2.45, 2.75) is 0 Å². The third-order valence-corrected chi connectivity index (χ3v) is 8.85. The normalized spacial score (nSPS) is 11.7. The monoisotopic (exact) mass is 546 g/mol. The van der Waals surface area contributed by atoms with E-state index in [1.807, 2.05) is 12.3 Å². The highest BCUT2D eigenvalue weighted by Crippen LogP contribution is 2.40. The minimum Gasteiger partial charge on any atom is -0.354 e. The number of hydrogen-bond acceptors (Lipinski definition) is 1. The number of benzene rings is 7. The van der Waals surface area contributed by atoms with Gasteiger partial charge in [0.2, 0.25) is 0 Å². The number of aromatic amines is 1. The SMILES string of the molecule is c1cc(-c2ccc3c4ccccc4c4ccccc4c3c2)cc(-c2ncccc2-c2cccc3c2[nH]c2ccccc23)c1. The van der Waals surface area contributed by atoms with Crippen molar-refractivity contribution in [2.24, 2.45) is 0 Å². The van der Waals surface area contributed by atoms with Gasteiger partial charge in [-0.25, -0.2) is 0 Å². The molecule has 1 N–H and O–H groups in total. The zero-order valence-electron chi connectivity index (χ0n) is 23.4. The number of nitrogens with one attached hydrogen (secondary N) is 1. The first-order chi connectivity index (χ1) is 21.3. The van der Waals surface area contributed by atoms with Crippen molar-refractivity contribution in [3.05, 3.63) is 152 Å². The number of aromatic nitrogens is 2. The molecule has 2 aromatic heterocycles. The molecule has 0 atom stereocenters. The molecule has 0 spiro atoms. The van der Waals surface area contributed by atoms with Gasteiger partial charge in [-0.2, -0.15) is 0 Å². The van der Waals surface area contributed by atoms with Crippen LogP contribution in [0.5, 0.6) is 0 Å². The Morgan fingerprint density at radius 1 is 0.372 bits per heavy atom. The summed E-state index contributed by atoms with van der Waals surface area (Å²) in [6.45, 7) is 0. The molecule has 2 heterocycles. The van der Waals surface area contributed by atoms with Crippen LogP contribution in [0.2, 0.25) is 0 Å². The molecule has 2 heteroatoms. The van der Waals surface area contributed by atoms with Crippen molar-refractivity contribution in [2.75, 3.05) is 0 Å². The van der Waals surface area contributed by atoms with Gasteiger partial charge in [-0.3, -0.25) is 4.98 Å². The summed E-state index contributed by atoms with van der Waals surface area (Å²) in [5.74, 6) is 0. The molecule has 9 rings (SSSR count). The van der Waals surface area contributed by atoms with E-state index >= 15 is 0 Å². The molecule has 200 valence electrons. The Morgan fingerprint density at radius 2 is 0.953 bits per heavy atom. The third-order valence-electron chi connectivity index (χ3n) is 8.85. The first-order valence-corrected chi connectivity index (χ1v) is 14.7. The van der Waals surface area contributed by atoms with Crippen LogP contribution >= 0.6 is 0 Å². The second-order valence-corrected chi connectivity index (χ2v) is 11.2. The average Bonchev–Trinajstić information content (AvgIpc) is 3.47. The Bertz CT molecular complexity index is 2480. The van der Waals surface area contributed by atoms with Crippen molar-refractivity contribution >= 4 is 54.1 Å².